The van der Waals surface area contributed by atoms with Gasteiger partial charge < -0.3 is 10.2 Å². The summed E-state index contributed by atoms with van der Waals surface area (Å²) >= 11 is 6.78. The number of nitrogens with zero attached hydrogens (tertiary/aromatic N) is 2. The average molecular weight is 603 g/mol. The van der Waals surface area contributed by atoms with Crippen molar-refractivity contribution in [2.45, 2.75) is 0 Å². The van der Waals surface area contributed by atoms with Crippen molar-refractivity contribution in [3.63, 3.8) is 0 Å². The molecule has 0 saturated heterocycles. The molecule has 4 rings (SSSR count). The summed E-state index contributed by atoms with van der Waals surface area (Å²) in [6.07, 6.45) is 0. The SMILES string of the molecule is CN(C)c1cccc2c(N(c3ccc(Br)cc3C(=O)Nc3ccc(Br)cc3)[SH](=O)=O)cccc12. The minimum atomic E-state index is -3.11. The molecule has 34 heavy (non-hydrogen) atoms. The smallest absolute Gasteiger partial charge is 0.257 e. The number of amides is 1. The van der Waals surface area contributed by atoms with Gasteiger partial charge in [-0.15, -0.1) is 0 Å². The Balaban J connectivity index is 1.87. The van der Waals surface area contributed by atoms with E-state index in [0.29, 0.717) is 15.8 Å². The molecule has 0 bridgehead atoms. The number of carbonyl (C=O) groups is 1. The van der Waals surface area contributed by atoms with E-state index in [2.05, 4.69) is 37.2 Å². The molecule has 4 aromatic rings. The van der Waals surface area contributed by atoms with Gasteiger partial charge in [-0.25, -0.2) is 12.7 Å². The van der Waals surface area contributed by atoms with Crippen LogP contribution in [-0.4, -0.2) is 28.4 Å². The van der Waals surface area contributed by atoms with Gasteiger partial charge in [-0.05, 0) is 54.6 Å². The highest BCUT2D eigenvalue weighted by molar-refractivity contribution is 9.10. The molecular weight excluding hydrogens is 582 g/mol. The van der Waals surface area contributed by atoms with Crippen LogP contribution in [0.15, 0.2) is 87.8 Å². The summed E-state index contributed by atoms with van der Waals surface area (Å²) in [5.41, 5.74) is 2.51. The predicted molar refractivity (Wildman–Crippen MR) is 147 cm³/mol. The number of hydrogen-bond acceptors (Lipinski definition) is 4. The lowest BCUT2D eigenvalue weighted by molar-refractivity contribution is 0.102. The molecule has 174 valence electrons. The molecule has 6 nitrogen and oxygen atoms in total. The van der Waals surface area contributed by atoms with Crippen molar-refractivity contribution in [1.82, 2.24) is 0 Å². The number of anilines is 4. The lowest BCUT2D eigenvalue weighted by Crippen LogP contribution is -2.21. The molecule has 0 fully saturated rings. The van der Waals surface area contributed by atoms with Gasteiger partial charge >= 0.3 is 0 Å². The first-order chi connectivity index (χ1) is 16.3. The highest BCUT2D eigenvalue weighted by Gasteiger charge is 2.22. The highest BCUT2D eigenvalue weighted by Crippen LogP contribution is 2.38. The first kappa shape index (κ1) is 24.3. The van der Waals surface area contributed by atoms with E-state index in [1.165, 1.54) is 4.31 Å². The van der Waals surface area contributed by atoms with Crippen molar-refractivity contribution in [3.8, 4) is 0 Å². The third-order valence-electron chi connectivity index (χ3n) is 5.28. The minimum absolute atomic E-state index is 0.220. The molecule has 0 aromatic heterocycles. The summed E-state index contributed by atoms with van der Waals surface area (Å²) in [6.45, 7) is 0. The van der Waals surface area contributed by atoms with E-state index < -0.39 is 16.8 Å². The van der Waals surface area contributed by atoms with Crippen LogP contribution in [0.4, 0.5) is 22.7 Å². The van der Waals surface area contributed by atoms with Crippen LogP contribution in [0, 0.1) is 0 Å². The van der Waals surface area contributed by atoms with Crippen LogP contribution in [0.2, 0.25) is 0 Å². The first-order valence-corrected chi connectivity index (χ1v) is 13.0. The zero-order valence-corrected chi connectivity index (χ0v) is 22.4. The molecule has 0 atom stereocenters. The lowest BCUT2D eigenvalue weighted by Gasteiger charge is -2.24. The van der Waals surface area contributed by atoms with Crippen LogP contribution in [0.5, 0.6) is 0 Å². The molecule has 0 radical (unpaired) electrons. The van der Waals surface area contributed by atoms with Crippen LogP contribution in [-0.2, 0) is 10.9 Å². The van der Waals surface area contributed by atoms with Crippen molar-refractivity contribution in [3.05, 3.63) is 93.4 Å². The summed E-state index contributed by atoms with van der Waals surface area (Å²) in [4.78, 5) is 15.2. The zero-order chi connectivity index (χ0) is 24.4. The molecule has 0 spiro atoms. The maximum atomic E-state index is 13.3. The predicted octanol–water partition coefficient (Wildman–Crippen LogP) is 6.35. The van der Waals surface area contributed by atoms with Crippen LogP contribution >= 0.6 is 31.9 Å². The number of rotatable bonds is 6. The van der Waals surface area contributed by atoms with Crippen molar-refractivity contribution in [1.29, 1.82) is 0 Å². The van der Waals surface area contributed by atoms with Crippen LogP contribution in [0.25, 0.3) is 10.8 Å². The summed E-state index contributed by atoms with van der Waals surface area (Å²) in [6, 6.07) is 23.4. The maximum absolute atomic E-state index is 13.3. The van der Waals surface area contributed by atoms with Gasteiger partial charge in [0.15, 0.2) is 0 Å². The van der Waals surface area contributed by atoms with Crippen LogP contribution in [0.3, 0.4) is 0 Å². The molecule has 4 aromatic carbocycles. The molecule has 0 aliphatic heterocycles. The number of benzene rings is 4. The number of hydrogen-bond donors (Lipinski definition) is 2. The van der Waals surface area contributed by atoms with Gasteiger partial charge in [0.2, 0.25) is 10.9 Å². The van der Waals surface area contributed by atoms with E-state index in [0.717, 1.165) is 20.9 Å². The summed E-state index contributed by atoms with van der Waals surface area (Å²) in [7, 11) is 0.764. The Bertz CT molecular complexity index is 1450. The Morgan fingerprint density at radius 3 is 1.97 bits per heavy atom. The largest absolute Gasteiger partial charge is 0.377 e. The average Bonchev–Trinajstić information content (AvgIpc) is 2.81. The van der Waals surface area contributed by atoms with Crippen molar-refractivity contribution in [2.24, 2.45) is 0 Å². The van der Waals surface area contributed by atoms with Gasteiger partial charge in [0.25, 0.3) is 5.91 Å². The zero-order valence-electron chi connectivity index (χ0n) is 18.3. The maximum Gasteiger partial charge on any atom is 0.257 e. The van der Waals surface area contributed by atoms with E-state index in [-0.39, 0.29) is 11.3 Å². The van der Waals surface area contributed by atoms with E-state index in [1.54, 1.807) is 36.4 Å². The molecule has 0 aliphatic carbocycles. The molecule has 1 N–H and O–H groups in total. The number of carbonyl (C=O) groups excluding carboxylic acids is 1. The summed E-state index contributed by atoms with van der Waals surface area (Å²) in [5, 5.41) is 4.52. The normalized spacial score (nSPS) is 11.0. The second-order valence-corrected chi connectivity index (χ2v) is 10.4. The lowest BCUT2D eigenvalue weighted by atomic mass is 10.1. The summed E-state index contributed by atoms with van der Waals surface area (Å²) < 4.78 is 28.0. The van der Waals surface area contributed by atoms with Gasteiger partial charge in [-0.2, -0.15) is 0 Å². The van der Waals surface area contributed by atoms with Crippen molar-refractivity contribution in [2.75, 3.05) is 28.6 Å². The van der Waals surface area contributed by atoms with Crippen molar-refractivity contribution >= 4 is 82.2 Å². The van der Waals surface area contributed by atoms with E-state index in [4.69, 9.17) is 0 Å². The Kier molecular flexibility index (Phi) is 7.25. The summed E-state index contributed by atoms with van der Waals surface area (Å²) in [5.74, 6) is -0.422. The fourth-order valence-corrected chi connectivity index (χ4v) is 5.09. The second kappa shape index (κ2) is 10.2. The van der Waals surface area contributed by atoms with Gasteiger partial charge in [-0.3, -0.25) is 4.79 Å². The minimum Gasteiger partial charge on any atom is -0.377 e. The molecule has 0 heterocycles. The van der Waals surface area contributed by atoms with Gasteiger partial charge in [0.05, 0.1) is 16.9 Å². The third kappa shape index (κ3) is 4.96. The third-order valence-corrected chi connectivity index (χ3v) is 7.06. The molecule has 0 unspecified atom stereocenters. The molecule has 1 amide bonds. The molecule has 0 saturated carbocycles. The molecule has 0 aliphatic rings. The highest BCUT2D eigenvalue weighted by atomic mass is 79.9. The molecular formula is C25H21Br2N3O3S. The second-order valence-electron chi connectivity index (χ2n) is 7.72. The standard InChI is InChI=1S/C25H21Br2N3O3S/c1-29(2)22-7-3-6-20-19(22)5-4-8-23(20)30(34(32)33)24-14-11-17(27)15-21(24)25(31)28-18-12-9-16(26)10-13-18/h3-15,34H,1-2H3,(H,28,31). The van der Waals surface area contributed by atoms with Crippen LogP contribution in [0.1, 0.15) is 10.4 Å². The Labute approximate surface area is 216 Å². The number of halogens is 2. The Hall–Kier alpha value is -2.88. The fourth-order valence-electron chi connectivity index (χ4n) is 3.76. The fraction of sp³-hybridized carbons (Fsp3) is 0.0800. The van der Waals surface area contributed by atoms with E-state index in [9.17, 15) is 13.2 Å². The Morgan fingerprint density at radius 2 is 1.35 bits per heavy atom. The van der Waals surface area contributed by atoms with E-state index >= 15 is 0 Å². The van der Waals surface area contributed by atoms with Crippen molar-refractivity contribution < 1.29 is 13.2 Å². The number of nitrogens with one attached hydrogen (secondary N) is 1. The monoisotopic (exact) mass is 601 g/mol. The molecule has 9 heteroatoms. The van der Waals surface area contributed by atoms with Gasteiger partial charge in [0.1, 0.15) is 0 Å². The van der Waals surface area contributed by atoms with Gasteiger partial charge in [-0.1, -0.05) is 56.1 Å². The topological polar surface area (TPSA) is 69.7 Å². The quantitative estimate of drug-likeness (QED) is 0.252. The van der Waals surface area contributed by atoms with Crippen LogP contribution < -0.4 is 14.5 Å². The first-order valence-electron chi connectivity index (χ1n) is 10.3. The number of fused-ring (bicyclic) bond motifs is 1. The Morgan fingerprint density at radius 1 is 0.765 bits per heavy atom. The van der Waals surface area contributed by atoms with E-state index in [1.807, 2.05) is 61.5 Å². The van der Waals surface area contributed by atoms with Gasteiger partial charge in [0, 0.05) is 45.2 Å². The number of thiol groups is 1.